The second-order valence-electron chi connectivity index (χ2n) is 7.41. The first kappa shape index (κ1) is 18.7. The van der Waals surface area contributed by atoms with Gasteiger partial charge in [-0.15, -0.1) is 0 Å². The van der Waals surface area contributed by atoms with Crippen LogP contribution in [0.25, 0.3) is 0 Å². The van der Waals surface area contributed by atoms with E-state index in [1.807, 2.05) is 25.1 Å². The molecular weight excluding hydrogens is 324 g/mol. The number of benzene rings is 1. The fraction of sp³-hybridized carbons (Fsp3) is 0.476. The van der Waals surface area contributed by atoms with Crippen molar-refractivity contribution in [2.24, 2.45) is 7.05 Å². The Morgan fingerprint density at radius 2 is 1.81 bits per heavy atom. The summed E-state index contributed by atoms with van der Waals surface area (Å²) >= 11 is 0. The Hall–Kier alpha value is -2.11. The van der Waals surface area contributed by atoms with E-state index in [2.05, 4.69) is 59.0 Å². The molecule has 0 radical (unpaired) electrons. The molecule has 1 aliphatic heterocycles. The van der Waals surface area contributed by atoms with Gasteiger partial charge in [-0.25, -0.2) is 0 Å². The number of hydrogen-bond acceptors (Lipinski definition) is 3. The maximum absolute atomic E-state index is 12.7. The van der Waals surface area contributed by atoms with E-state index in [0.29, 0.717) is 6.54 Å². The zero-order valence-electron chi connectivity index (χ0n) is 16.3. The molecule has 5 nitrogen and oxygen atoms in total. The quantitative estimate of drug-likeness (QED) is 0.896. The zero-order valence-corrected chi connectivity index (χ0v) is 16.3. The first-order chi connectivity index (χ1) is 12.5. The maximum atomic E-state index is 12.7. The number of carbonyl (C=O) groups excluding carboxylic acids is 1. The predicted octanol–water partition coefficient (Wildman–Crippen LogP) is 2.36. The first-order valence-corrected chi connectivity index (χ1v) is 9.35. The molecule has 5 heteroatoms. The number of aryl methyl sites for hydroxylation is 3. The normalized spacial score (nSPS) is 17.2. The van der Waals surface area contributed by atoms with Crippen LogP contribution in [0.4, 0.5) is 0 Å². The Morgan fingerprint density at radius 3 is 2.42 bits per heavy atom. The van der Waals surface area contributed by atoms with Crippen LogP contribution in [0.3, 0.4) is 0 Å². The van der Waals surface area contributed by atoms with Crippen LogP contribution >= 0.6 is 0 Å². The van der Waals surface area contributed by atoms with Gasteiger partial charge in [0, 0.05) is 57.2 Å². The molecule has 1 atom stereocenters. The van der Waals surface area contributed by atoms with Crippen LogP contribution in [0.2, 0.25) is 0 Å². The van der Waals surface area contributed by atoms with E-state index in [-0.39, 0.29) is 11.9 Å². The van der Waals surface area contributed by atoms with E-state index in [1.54, 1.807) is 0 Å². The van der Waals surface area contributed by atoms with E-state index >= 15 is 0 Å². The number of amides is 1. The van der Waals surface area contributed by atoms with Gasteiger partial charge in [0.25, 0.3) is 5.91 Å². The fourth-order valence-electron chi connectivity index (χ4n) is 3.55. The molecule has 1 aromatic carbocycles. The lowest BCUT2D eigenvalue weighted by atomic mass is 10.1. The molecular formula is C21H30N4O. The van der Waals surface area contributed by atoms with Crippen molar-refractivity contribution in [2.75, 3.05) is 39.8 Å². The number of nitrogens with zero attached hydrogens (tertiary/aromatic N) is 3. The highest BCUT2D eigenvalue weighted by Gasteiger charge is 2.26. The standard InChI is InChI=1S/C21H30N4O/c1-16-7-8-18(14-17(16)2)21(26)22-15-20(19-6-5-9-24(19)4)25-12-10-23(3)11-13-25/h5-9,14,20H,10-13,15H2,1-4H3,(H,22,26). The van der Waals surface area contributed by atoms with Crippen molar-refractivity contribution in [3.63, 3.8) is 0 Å². The number of hydrogen-bond donors (Lipinski definition) is 1. The minimum atomic E-state index is 0.00133. The Labute approximate surface area is 156 Å². The topological polar surface area (TPSA) is 40.5 Å². The molecule has 0 aliphatic carbocycles. The molecule has 1 amide bonds. The Balaban J connectivity index is 1.72. The van der Waals surface area contributed by atoms with Crippen molar-refractivity contribution in [1.82, 2.24) is 19.7 Å². The summed E-state index contributed by atoms with van der Waals surface area (Å²) in [7, 11) is 4.24. The minimum Gasteiger partial charge on any atom is -0.353 e. The van der Waals surface area contributed by atoms with Crippen molar-refractivity contribution in [3.8, 4) is 0 Å². The number of nitrogens with one attached hydrogen (secondary N) is 1. The van der Waals surface area contributed by atoms with Gasteiger partial charge in [0.05, 0.1) is 6.04 Å². The lowest BCUT2D eigenvalue weighted by Crippen LogP contribution is -2.48. The van der Waals surface area contributed by atoms with E-state index in [4.69, 9.17) is 0 Å². The summed E-state index contributed by atoms with van der Waals surface area (Å²) in [6, 6.07) is 10.3. The maximum Gasteiger partial charge on any atom is 0.251 e. The Kier molecular flexibility index (Phi) is 5.79. The second kappa shape index (κ2) is 8.06. The van der Waals surface area contributed by atoms with Crippen molar-refractivity contribution in [1.29, 1.82) is 0 Å². The highest BCUT2D eigenvalue weighted by molar-refractivity contribution is 5.94. The fourth-order valence-corrected chi connectivity index (χ4v) is 3.55. The summed E-state index contributed by atoms with van der Waals surface area (Å²) in [6.07, 6.45) is 2.07. The summed E-state index contributed by atoms with van der Waals surface area (Å²) in [5, 5.41) is 3.16. The molecule has 140 valence electrons. The van der Waals surface area contributed by atoms with Gasteiger partial charge in [0.2, 0.25) is 0 Å². The molecule has 1 aliphatic rings. The van der Waals surface area contributed by atoms with Gasteiger partial charge in [-0.1, -0.05) is 6.07 Å². The molecule has 1 aromatic heterocycles. The second-order valence-corrected chi connectivity index (χ2v) is 7.41. The van der Waals surface area contributed by atoms with Crippen LogP contribution in [0.5, 0.6) is 0 Å². The third kappa shape index (κ3) is 4.17. The van der Waals surface area contributed by atoms with E-state index in [1.165, 1.54) is 11.3 Å². The van der Waals surface area contributed by atoms with Crippen LogP contribution in [0, 0.1) is 13.8 Å². The lowest BCUT2D eigenvalue weighted by molar-refractivity contribution is 0.0877. The van der Waals surface area contributed by atoms with Gasteiger partial charge in [-0.3, -0.25) is 9.69 Å². The third-order valence-electron chi connectivity index (χ3n) is 5.53. The smallest absolute Gasteiger partial charge is 0.251 e. The number of piperazine rings is 1. The van der Waals surface area contributed by atoms with E-state index < -0.39 is 0 Å². The third-order valence-corrected chi connectivity index (χ3v) is 5.53. The summed E-state index contributed by atoms with van der Waals surface area (Å²) < 4.78 is 2.16. The number of rotatable bonds is 5. The van der Waals surface area contributed by atoms with Gasteiger partial charge < -0.3 is 14.8 Å². The zero-order chi connectivity index (χ0) is 18.7. The van der Waals surface area contributed by atoms with Crippen LogP contribution < -0.4 is 5.32 Å². The Morgan fingerprint density at radius 1 is 1.08 bits per heavy atom. The lowest BCUT2D eigenvalue weighted by Gasteiger charge is -2.38. The minimum absolute atomic E-state index is 0.00133. The van der Waals surface area contributed by atoms with E-state index in [0.717, 1.165) is 37.3 Å². The van der Waals surface area contributed by atoms with Crippen molar-refractivity contribution in [2.45, 2.75) is 19.9 Å². The van der Waals surface area contributed by atoms with Crippen molar-refractivity contribution < 1.29 is 4.79 Å². The summed E-state index contributed by atoms with van der Waals surface area (Å²) in [5.74, 6) is 0.00133. The molecule has 0 spiro atoms. The predicted molar refractivity (Wildman–Crippen MR) is 105 cm³/mol. The molecule has 1 fully saturated rings. The van der Waals surface area contributed by atoms with Crippen LogP contribution in [-0.4, -0.2) is 60.0 Å². The summed E-state index contributed by atoms with van der Waals surface area (Å²) in [4.78, 5) is 17.5. The van der Waals surface area contributed by atoms with Gasteiger partial charge in [0.15, 0.2) is 0 Å². The largest absolute Gasteiger partial charge is 0.353 e. The molecule has 2 aromatic rings. The van der Waals surface area contributed by atoms with Gasteiger partial charge in [0.1, 0.15) is 0 Å². The number of likely N-dealkylation sites (N-methyl/N-ethyl adjacent to an activating group) is 1. The molecule has 3 rings (SSSR count). The summed E-state index contributed by atoms with van der Waals surface area (Å²) in [6.45, 7) is 8.89. The highest BCUT2D eigenvalue weighted by atomic mass is 16.1. The molecule has 26 heavy (non-hydrogen) atoms. The molecule has 1 unspecified atom stereocenters. The van der Waals surface area contributed by atoms with Crippen molar-refractivity contribution in [3.05, 3.63) is 58.9 Å². The number of carbonyl (C=O) groups is 1. The summed E-state index contributed by atoms with van der Waals surface area (Å²) in [5.41, 5.74) is 4.34. The SMILES string of the molecule is Cc1ccc(C(=O)NCC(c2cccn2C)N2CCN(C)CC2)cc1C. The average Bonchev–Trinajstić information content (AvgIpc) is 3.04. The number of aromatic nitrogens is 1. The van der Waals surface area contributed by atoms with Gasteiger partial charge >= 0.3 is 0 Å². The highest BCUT2D eigenvalue weighted by Crippen LogP contribution is 2.22. The molecule has 1 N–H and O–H groups in total. The van der Waals surface area contributed by atoms with Gasteiger partial charge in [-0.05, 0) is 56.3 Å². The van der Waals surface area contributed by atoms with E-state index in [9.17, 15) is 4.79 Å². The molecule has 0 saturated carbocycles. The Bertz CT molecular complexity index is 759. The van der Waals surface area contributed by atoms with Crippen LogP contribution in [-0.2, 0) is 7.05 Å². The monoisotopic (exact) mass is 354 g/mol. The average molecular weight is 354 g/mol. The van der Waals surface area contributed by atoms with Crippen LogP contribution in [0.15, 0.2) is 36.5 Å². The molecule has 1 saturated heterocycles. The molecule has 2 heterocycles. The first-order valence-electron chi connectivity index (χ1n) is 9.35. The van der Waals surface area contributed by atoms with Gasteiger partial charge in [-0.2, -0.15) is 0 Å². The van der Waals surface area contributed by atoms with Crippen LogP contribution in [0.1, 0.15) is 33.2 Å². The molecule has 0 bridgehead atoms. The van der Waals surface area contributed by atoms with Crippen molar-refractivity contribution >= 4 is 5.91 Å².